The number of hydrogen-bond acceptors (Lipinski definition) is 5. The summed E-state index contributed by atoms with van der Waals surface area (Å²) in [5.41, 5.74) is 7.76. The Morgan fingerprint density at radius 2 is 2.03 bits per heavy atom. The number of ketones is 1. The molecule has 2 aliphatic carbocycles. The van der Waals surface area contributed by atoms with Crippen LogP contribution in [0.5, 0.6) is 0 Å². The third-order valence-electron chi connectivity index (χ3n) is 6.59. The minimum atomic E-state index is -0.880. The van der Waals surface area contributed by atoms with Crippen LogP contribution in [-0.2, 0) is 12.8 Å². The number of rotatable bonds is 5. The van der Waals surface area contributed by atoms with Crippen molar-refractivity contribution >= 4 is 17.4 Å². The van der Waals surface area contributed by atoms with E-state index in [2.05, 4.69) is 10.4 Å². The highest BCUT2D eigenvalue weighted by molar-refractivity contribution is 6.00. The van der Waals surface area contributed by atoms with Gasteiger partial charge in [0.15, 0.2) is 5.78 Å². The molecule has 0 saturated heterocycles. The van der Waals surface area contributed by atoms with Crippen LogP contribution in [0.3, 0.4) is 0 Å². The van der Waals surface area contributed by atoms with Crippen LogP contribution >= 0.6 is 0 Å². The van der Waals surface area contributed by atoms with Crippen LogP contribution in [0.1, 0.15) is 85.0 Å². The summed E-state index contributed by atoms with van der Waals surface area (Å²) >= 11 is 0. The molecule has 2 aromatic rings. The van der Waals surface area contributed by atoms with Gasteiger partial charge in [0.25, 0.3) is 5.91 Å². The van der Waals surface area contributed by atoms with E-state index in [-0.39, 0.29) is 28.5 Å². The summed E-state index contributed by atoms with van der Waals surface area (Å²) in [4.78, 5) is 24.9. The maximum atomic E-state index is 15.1. The number of amides is 1. The third-order valence-corrected chi connectivity index (χ3v) is 6.59. The van der Waals surface area contributed by atoms with Crippen molar-refractivity contribution in [2.24, 2.45) is 11.1 Å². The van der Waals surface area contributed by atoms with Crippen molar-refractivity contribution < 1.29 is 19.1 Å². The monoisotopic (exact) mass is 442 g/mol. The van der Waals surface area contributed by atoms with E-state index in [4.69, 9.17) is 5.73 Å². The lowest BCUT2D eigenvalue weighted by atomic mass is 9.75. The summed E-state index contributed by atoms with van der Waals surface area (Å²) in [7, 11) is 0. The summed E-state index contributed by atoms with van der Waals surface area (Å²) in [6.07, 6.45) is 4.30. The molecule has 172 valence electrons. The predicted molar refractivity (Wildman–Crippen MR) is 120 cm³/mol. The first-order valence-electron chi connectivity index (χ1n) is 11.3. The number of primary amides is 1. The number of aliphatic hydroxyl groups excluding tert-OH is 1. The van der Waals surface area contributed by atoms with Gasteiger partial charge in [-0.25, -0.2) is 9.07 Å². The Kier molecular flexibility index (Phi) is 5.83. The average Bonchev–Trinajstić information content (AvgIpc) is 3.06. The van der Waals surface area contributed by atoms with Crippen molar-refractivity contribution in [1.82, 2.24) is 9.78 Å². The number of nitrogens with zero attached hydrogens (tertiary/aromatic N) is 2. The molecular weight excluding hydrogens is 411 g/mol. The summed E-state index contributed by atoms with van der Waals surface area (Å²) in [5, 5.41) is 18.2. The van der Waals surface area contributed by atoms with Crippen LogP contribution in [-0.4, -0.2) is 38.7 Å². The Bertz CT molecular complexity index is 1080. The number of benzene rings is 1. The summed E-state index contributed by atoms with van der Waals surface area (Å²) in [6, 6.07) is 2.58. The minimum absolute atomic E-state index is 0.0530. The molecule has 1 aromatic heterocycles. The smallest absolute Gasteiger partial charge is 0.253 e. The van der Waals surface area contributed by atoms with Crippen molar-refractivity contribution in [3.63, 3.8) is 0 Å². The first-order valence-corrected chi connectivity index (χ1v) is 11.3. The number of fused-ring (bicyclic) bond motifs is 1. The van der Waals surface area contributed by atoms with Crippen molar-refractivity contribution in [2.45, 2.75) is 77.9 Å². The van der Waals surface area contributed by atoms with E-state index in [1.807, 2.05) is 20.8 Å². The molecule has 0 radical (unpaired) electrons. The molecule has 0 unspecified atom stereocenters. The fourth-order valence-electron chi connectivity index (χ4n) is 5.05. The topological polar surface area (TPSA) is 110 Å². The number of nitrogens with two attached hydrogens (primary N) is 1. The second-order valence-corrected chi connectivity index (χ2v) is 9.79. The standard InChI is InChI=1S/C24H31FN4O3/c1-4-15-22-18(11-24(2,3)12-20(22)31)29(28-15)13-9-14(25)21(23(26)32)17(10-13)27-16-7-5-6-8-19(16)30/h9-10,16,19,27,30H,4-8,11-12H2,1-3H3,(H2,26,32)/t16-,19+/m0/s1. The largest absolute Gasteiger partial charge is 0.391 e. The van der Waals surface area contributed by atoms with Gasteiger partial charge in [-0.3, -0.25) is 9.59 Å². The molecule has 1 amide bonds. The third kappa shape index (κ3) is 4.03. The lowest BCUT2D eigenvalue weighted by Crippen LogP contribution is -2.37. The Morgan fingerprint density at radius 1 is 1.31 bits per heavy atom. The molecule has 1 heterocycles. The van der Waals surface area contributed by atoms with Crippen molar-refractivity contribution in [3.05, 3.63) is 40.5 Å². The van der Waals surface area contributed by atoms with E-state index >= 15 is 4.39 Å². The molecule has 0 spiro atoms. The van der Waals surface area contributed by atoms with E-state index in [0.29, 0.717) is 49.0 Å². The van der Waals surface area contributed by atoms with E-state index in [1.165, 1.54) is 6.07 Å². The summed E-state index contributed by atoms with van der Waals surface area (Å²) in [6.45, 7) is 6.00. The molecule has 8 heteroatoms. The van der Waals surface area contributed by atoms with E-state index in [9.17, 15) is 14.7 Å². The maximum absolute atomic E-state index is 15.1. The molecule has 1 saturated carbocycles. The van der Waals surface area contributed by atoms with Crippen molar-refractivity contribution in [2.75, 3.05) is 5.32 Å². The molecule has 0 aliphatic heterocycles. The highest BCUT2D eigenvalue weighted by atomic mass is 19.1. The molecule has 0 bridgehead atoms. The van der Waals surface area contributed by atoms with E-state index in [0.717, 1.165) is 18.5 Å². The number of hydrogen-bond donors (Lipinski definition) is 3. The number of aromatic nitrogens is 2. The van der Waals surface area contributed by atoms with Gasteiger partial charge in [0.05, 0.1) is 46.0 Å². The van der Waals surface area contributed by atoms with Gasteiger partial charge in [0.1, 0.15) is 5.82 Å². The Labute approximate surface area is 187 Å². The zero-order chi connectivity index (χ0) is 23.2. The van der Waals surface area contributed by atoms with Crippen LogP contribution in [0.2, 0.25) is 0 Å². The SMILES string of the molecule is CCc1nn(-c2cc(F)c(C(N)=O)c(N[C@H]3CCCC[C@H]3O)c2)c2c1C(=O)CC(C)(C)C2. The summed E-state index contributed by atoms with van der Waals surface area (Å²) in [5.74, 6) is -1.58. The molecule has 2 atom stereocenters. The first-order chi connectivity index (χ1) is 15.1. The number of aliphatic hydroxyl groups is 1. The highest BCUT2D eigenvalue weighted by Crippen LogP contribution is 2.38. The number of carbonyl (C=O) groups excluding carboxylic acids is 2. The zero-order valence-electron chi connectivity index (χ0n) is 18.9. The lowest BCUT2D eigenvalue weighted by molar-refractivity contribution is 0.0909. The first kappa shape index (κ1) is 22.5. The Hall–Kier alpha value is -2.74. The molecule has 4 rings (SSSR count). The molecule has 1 fully saturated rings. The second kappa shape index (κ2) is 8.31. The van der Waals surface area contributed by atoms with Gasteiger partial charge in [-0.15, -0.1) is 0 Å². The van der Waals surface area contributed by atoms with Crippen LogP contribution in [0.4, 0.5) is 10.1 Å². The van der Waals surface area contributed by atoms with Gasteiger partial charge >= 0.3 is 0 Å². The van der Waals surface area contributed by atoms with Gasteiger partial charge in [-0.2, -0.15) is 5.10 Å². The molecule has 32 heavy (non-hydrogen) atoms. The zero-order valence-corrected chi connectivity index (χ0v) is 18.9. The predicted octanol–water partition coefficient (Wildman–Crippen LogP) is 3.54. The van der Waals surface area contributed by atoms with Crippen LogP contribution in [0.15, 0.2) is 12.1 Å². The molecule has 4 N–H and O–H groups in total. The summed E-state index contributed by atoms with van der Waals surface area (Å²) < 4.78 is 16.8. The van der Waals surface area contributed by atoms with Crippen molar-refractivity contribution in [1.29, 1.82) is 0 Å². The van der Waals surface area contributed by atoms with Gasteiger partial charge in [0.2, 0.25) is 0 Å². The van der Waals surface area contributed by atoms with Crippen LogP contribution in [0, 0.1) is 11.2 Å². The fourth-order valence-corrected chi connectivity index (χ4v) is 5.05. The average molecular weight is 443 g/mol. The van der Waals surface area contributed by atoms with Crippen molar-refractivity contribution in [3.8, 4) is 5.69 Å². The number of halogens is 1. The van der Waals surface area contributed by atoms with Crippen LogP contribution in [0.25, 0.3) is 5.69 Å². The van der Waals surface area contributed by atoms with E-state index in [1.54, 1.807) is 10.7 Å². The fraction of sp³-hybridized carbons (Fsp3) is 0.542. The minimum Gasteiger partial charge on any atom is -0.391 e. The maximum Gasteiger partial charge on any atom is 0.253 e. The number of anilines is 1. The Morgan fingerprint density at radius 3 is 2.69 bits per heavy atom. The second-order valence-electron chi connectivity index (χ2n) is 9.79. The van der Waals surface area contributed by atoms with Crippen LogP contribution < -0.4 is 11.1 Å². The number of aryl methyl sites for hydroxylation is 1. The van der Waals surface area contributed by atoms with E-state index < -0.39 is 17.8 Å². The normalized spacial score (nSPS) is 22.5. The van der Waals surface area contributed by atoms with Gasteiger partial charge in [-0.1, -0.05) is 33.6 Å². The molecule has 1 aromatic carbocycles. The number of nitrogens with one attached hydrogen (secondary N) is 1. The molecular formula is C24H31FN4O3. The lowest BCUT2D eigenvalue weighted by Gasteiger charge is -2.30. The van der Waals surface area contributed by atoms with Gasteiger partial charge < -0.3 is 16.2 Å². The quantitative estimate of drug-likeness (QED) is 0.656. The highest BCUT2D eigenvalue weighted by Gasteiger charge is 2.36. The molecule has 2 aliphatic rings. The Balaban J connectivity index is 1.84. The number of Topliss-reactive ketones (excluding diaryl/α,β-unsaturated/α-hetero) is 1. The number of carbonyl (C=O) groups is 2. The van der Waals surface area contributed by atoms with Gasteiger partial charge in [0, 0.05) is 12.5 Å². The van der Waals surface area contributed by atoms with Gasteiger partial charge in [-0.05, 0) is 37.2 Å². The molecule has 7 nitrogen and oxygen atoms in total.